The lowest BCUT2D eigenvalue weighted by Gasteiger charge is -2.07. The number of carbonyl (C=O) groups excluding carboxylic acids is 1. The van der Waals surface area contributed by atoms with Gasteiger partial charge in [-0.25, -0.2) is 13.8 Å². The van der Waals surface area contributed by atoms with Crippen molar-refractivity contribution in [1.29, 1.82) is 0 Å². The minimum absolute atomic E-state index is 0.0578. The van der Waals surface area contributed by atoms with E-state index in [0.29, 0.717) is 0 Å². The van der Waals surface area contributed by atoms with Crippen LogP contribution in [0.5, 0.6) is 0 Å². The molecule has 1 amide bonds. The Labute approximate surface area is 133 Å². The van der Waals surface area contributed by atoms with Crippen LogP contribution in [0.2, 0.25) is 5.02 Å². The van der Waals surface area contributed by atoms with Gasteiger partial charge in [0.25, 0.3) is 5.91 Å². The van der Waals surface area contributed by atoms with Crippen LogP contribution in [0.1, 0.15) is 10.4 Å². The summed E-state index contributed by atoms with van der Waals surface area (Å²) >= 11 is 5.69. The number of halogens is 3. The quantitative estimate of drug-likeness (QED) is 0.787. The number of anilines is 1. The second kappa shape index (κ2) is 6.13. The van der Waals surface area contributed by atoms with Crippen molar-refractivity contribution < 1.29 is 18.0 Å². The standard InChI is InChI=1S/C15H8ClF2N3O2/c16-10-7-8(1-2-11(10)17)13-12(18)9(3-4-19-13)14(22)21-15-20-5-6-23-15/h1-7H,(H,20,21,22). The zero-order chi connectivity index (χ0) is 16.4. The van der Waals surface area contributed by atoms with Crippen LogP contribution in [-0.4, -0.2) is 15.9 Å². The van der Waals surface area contributed by atoms with E-state index in [-0.39, 0.29) is 27.9 Å². The van der Waals surface area contributed by atoms with Crippen molar-refractivity contribution in [2.75, 3.05) is 5.32 Å². The highest BCUT2D eigenvalue weighted by molar-refractivity contribution is 6.31. The average Bonchev–Trinajstić information content (AvgIpc) is 3.03. The SMILES string of the molecule is O=C(Nc1ncco1)c1ccnc(-c2ccc(F)c(Cl)c2)c1F. The lowest BCUT2D eigenvalue weighted by molar-refractivity contribution is 0.102. The summed E-state index contributed by atoms with van der Waals surface area (Å²) in [6, 6.07) is 4.80. The molecule has 0 unspecified atom stereocenters. The molecule has 0 fully saturated rings. The molecular formula is C15H8ClF2N3O2. The molecule has 23 heavy (non-hydrogen) atoms. The molecule has 3 rings (SSSR count). The number of amides is 1. The van der Waals surface area contributed by atoms with E-state index in [1.165, 1.54) is 36.9 Å². The van der Waals surface area contributed by atoms with Crippen LogP contribution in [0.4, 0.5) is 14.8 Å². The van der Waals surface area contributed by atoms with Gasteiger partial charge in [0.2, 0.25) is 0 Å². The van der Waals surface area contributed by atoms with Gasteiger partial charge in [-0.2, -0.15) is 0 Å². The Morgan fingerprint density at radius 1 is 1.17 bits per heavy atom. The molecule has 116 valence electrons. The van der Waals surface area contributed by atoms with E-state index in [1.807, 2.05) is 0 Å². The maximum atomic E-state index is 14.6. The van der Waals surface area contributed by atoms with Crippen molar-refractivity contribution in [2.24, 2.45) is 0 Å². The molecule has 0 aliphatic heterocycles. The third kappa shape index (κ3) is 3.04. The van der Waals surface area contributed by atoms with Crippen LogP contribution in [0.25, 0.3) is 11.3 Å². The number of nitrogens with one attached hydrogen (secondary N) is 1. The fourth-order valence-electron chi connectivity index (χ4n) is 1.91. The highest BCUT2D eigenvalue weighted by Gasteiger charge is 2.19. The zero-order valence-corrected chi connectivity index (χ0v) is 12.1. The van der Waals surface area contributed by atoms with Gasteiger partial charge in [-0.15, -0.1) is 0 Å². The van der Waals surface area contributed by atoms with Gasteiger partial charge in [0.15, 0.2) is 5.82 Å². The summed E-state index contributed by atoms with van der Waals surface area (Å²) in [6.45, 7) is 0. The summed E-state index contributed by atoms with van der Waals surface area (Å²) in [5, 5.41) is 2.14. The number of pyridine rings is 1. The summed E-state index contributed by atoms with van der Waals surface area (Å²) in [5.74, 6) is -2.24. The highest BCUT2D eigenvalue weighted by atomic mass is 35.5. The fourth-order valence-corrected chi connectivity index (χ4v) is 2.09. The number of hydrogen-bond donors (Lipinski definition) is 1. The minimum atomic E-state index is -0.862. The fraction of sp³-hybridized carbons (Fsp3) is 0. The van der Waals surface area contributed by atoms with E-state index < -0.39 is 17.5 Å². The number of aromatic nitrogens is 2. The molecular weight excluding hydrogens is 328 g/mol. The smallest absolute Gasteiger partial charge is 0.301 e. The molecule has 2 heterocycles. The molecule has 0 aliphatic rings. The Morgan fingerprint density at radius 3 is 2.70 bits per heavy atom. The molecule has 0 saturated carbocycles. The van der Waals surface area contributed by atoms with Gasteiger partial charge in [-0.3, -0.25) is 15.1 Å². The lowest BCUT2D eigenvalue weighted by atomic mass is 10.1. The van der Waals surface area contributed by atoms with Crippen LogP contribution in [-0.2, 0) is 0 Å². The molecule has 0 spiro atoms. The number of carbonyl (C=O) groups is 1. The average molecular weight is 336 g/mol. The minimum Gasteiger partial charge on any atom is -0.432 e. The van der Waals surface area contributed by atoms with Gasteiger partial charge in [-0.1, -0.05) is 11.6 Å². The summed E-state index contributed by atoms with van der Waals surface area (Å²) in [5.41, 5.74) is -0.125. The molecule has 3 aromatic rings. The largest absolute Gasteiger partial charge is 0.432 e. The molecule has 0 radical (unpaired) electrons. The molecule has 0 aliphatic carbocycles. The number of rotatable bonds is 3. The van der Waals surface area contributed by atoms with Crippen molar-refractivity contribution >= 4 is 23.5 Å². The van der Waals surface area contributed by atoms with Crippen LogP contribution in [0, 0.1) is 11.6 Å². The van der Waals surface area contributed by atoms with E-state index in [4.69, 9.17) is 16.0 Å². The molecule has 5 nitrogen and oxygen atoms in total. The zero-order valence-electron chi connectivity index (χ0n) is 11.4. The molecule has 1 aromatic carbocycles. The van der Waals surface area contributed by atoms with Gasteiger partial charge in [0.1, 0.15) is 17.8 Å². The number of benzene rings is 1. The van der Waals surface area contributed by atoms with Crippen molar-refractivity contribution in [2.45, 2.75) is 0 Å². The van der Waals surface area contributed by atoms with Crippen LogP contribution in [0.3, 0.4) is 0 Å². The second-order valence-corrected chi connectivity index (χ2v) is 4.85. The normalized spacial score (nSPS) is 10.6. The Morgan fingerprint density at radius 2 is 2.00 bits per heavy atom. The second-order valence-electron chi connectivity index (χ2n) is 4.44. The Kier molecular flexibility index (Phi) is 4.03. The molecule has 8 heteroatoms. The number of oxazole rings is 1. The molecule has 0 bridgehead atoms. The molecule has 0 saturated heterocycles. The van der Waals surface area contributed by atoms with Crippen molar-refractivity contribution in [3.63, 3.8) is 0 Å². The van der Waals surface area contributed by atoms with Crippen LogP contribution in [0.15, 0.2) is 47.3 Å². The van der Waals surface area contributed by atoms with E-state index in [2.05, 4.69) is 15.3 Å². The summed E-state index contributed by atoms with van der Waals surface area (Å²) in [7, 11) is 0. The summed E-state index contributed by atoms with van der Waals surface area (Å²) < 4.78 is 32.6. The van der Waals surface area contributed by atoms with Crippen molar-refractivity contribution in [3.05, 3.63) is 65.1 Å². The third-order valence-corrected chi connectivity index (χ3v) is 3.27. The van der Waals surface area contributed by atoms with Gasteiger partial charge >= 0.3 is 6.01 Å². The predicted molar refractivity (Wildman–Crippen MR) is 79.1 cm³/mol. The molecule has 1 N–H and O–H groups in total. The highest BCUT2D eigenvalue weighted by Crippen LogP contribution is 2.27. The maximum Gasteiger partial charge on any atom is 0.301 e. The van der Waals surface area contributed by atoms with Crippen molar-refractivity contribution in [1.82, 2.24) is 9.97 Å². The molecule has 0 atom stereocenters. The summed E-state index contributed by atoms with van der Waals surface area (Å²) in [6.07, 6.45) is 3.87. The van der Waals surface area contributed by atoms with E-state index in [9.17, 15) is 13.6 Å². The van der Waals surface area contributed by atoms with Crippen molar-refractivity contribution in [3.8, 4) is 11.3 Å². The third-order valence-electron chi connectivity index (χ3n) is 2.98. The molecule has 2 aromatic heterocycles. The lowest BCUT2D eigenvalue weighted by Crippen LogP contribution is -2.15. The van der Waals surface area contributed by atoms with Gasteiger partial charge in [0, 0.05) is 11.8 Å². The number of hydrogen-bond acceptors (Lipinski definition) is 4. The van der Waals surface area contributed by atoms with E-state index in [1.54, 1.807) is 0 Å². The van der Waals surface area contributed by atoms with Gasteiger partial charge in [-0.05, 0) is 24.3 Å². The van der Waals surface area contributed by atoms with E-state index >= 15 is 0 Å². The summed E-state index contributed by atoms with van der Waals surface area (Å²) in [4.78, 5) is 19.7. The monoisotopic (exact) mass is 335 g/mol. The maximum absolute atomic E-state index is 14.6. The Hall–Kier alpha value is -2.80. The van der Waals surface area contributed by atoms with Crippen LogP contribution < -0.4 is 5.32 Å². The first-order chi connectivity index (χ1) is 11.1. The topological polar surface area (TPSA) is 68.0 Å². The first-order valence-electron chi connectivity index (χ1n) is 6.37. The van der Waals surface area contributed by atoms with Gasteiger partial charge < -0.3 is 4.42 Å². The first-order valence-corrected chi connectivity index (χ1v) is 6.75. The van der Waals surface area contributed by atoms with Crippen LogP contribution >= 0.6 is 11.6 Å². The predicted octanol–water partition coefficient (Wildman–Crippen LogP) is 3.92. The first kappa shape index (κ1) is 15.1. The Bertz CT molecular complexity index is 869. The van der Waals surface area contributed by atoms with Gasteiger partial charge in [0.05, 0.1) is 16.8 Å². The van der Waals surface area contributed by atoms with E-state index in [0.717, 1.165) is 6.07 Å². The Balaban J connectivity index is 1.97. The number of nitrogens with zero attached hydrogens (tertiary/aromatic N) is 2.